The van der Waals surface area contributed by atoms with Crippen LogP contribution in [-0.2, 0) is 20.6 Å². The number of anilines is 1. The predicted molar refractivity (Wildman–Crippen MR) is 142 cm³/mol. The zero-order valence-corrected chi connectivity index (χ0v) is 21.9. The highest BCUT2D eigenvalue weighted by molar-refractivity contribution is 9.10. The third kappa shape index (κ3) is 6.73. The number of amides is 4. The number of esters is 1. The van der Waals surface area contributed by atoms with Gasteiger partial charge in [0.15, 0.2) is 0 Å². The fourth-order valence-electron chi connectivity index (χ4n) is 3.61. The molecule has 0 atom stereocenters. The molecular formula is C27H15BrF3N3O7. The van der Waals surface area contributed by atoms with Crippen molar-refractivity contribution in [1.29, 1.82) is 0 Å². The van der Waals surface area contributed by atoms with Crippen LogP contribution in [0.4, 0.5) is 29.3 Å². The van der Waals surface area contributed by atoms with Crippen molar-refractivity contribution < 1.29 is 42.0 Å². The molecule has 1 aliphatic rings. The Morgan fingerprint density at radius 3 is 2.39 bits per heavy atom. The van der Waals surface area contributed by atoms with Gasteiger partial charge in [-0.2, -0.15) is 13.2 Å². The second-order valence-electron chi connectivity index (χ2n) is 8.29. The molecular weight excluding hydrogens is 615 g/mol. The Morgan fingerprint density at radius 2 is 1.73 bits per heavy atom. The van der Waals surface area contributed by atoms with Crippen LogP contribution in [0.25, 0.3) is 12.2 Å². The second-order valence-corrected chi connectivity index (χ2v) is 9.21. The molecule has 0 aromatic heterocycles. The number of non-ortho nitro benzene ring substituents is 1. The number of ether oxygens (including phenoxy) is 1. The first-order valence-electron chi connectivity index (χ1n) is 11.4. The monoisotopic (exact) mass is 629 g/mol. The van der Waals surface area contributed by atoms with E-state index in [-0.39, 0.29) is 17.0 Å². The van der Waals surface area contributed by atoms with E-state index >= 15 is 0 Å². The molecule has 0 unspecified atom stereocenters. The predicted octanol–water partition coefficient (Wildman–Crippen LogP) is 5.66. The SMILES string of the molecule is O=C(/C=C/c1ccc([N+](=O)[O-])cc1)Oc1ccc(Br)cc1/C=C1/C(=O)NC(=O)N(c2cccc(C(F)(F)F)c2)C1=O. The van der Waals surface area contributed by atoms with Crippen molar-refractivity contribution in [3.8, 4) is 5.75 Å². The van der Waals surface area contributed by atoms with Gasteiger partial charge in [0.25, 0.3) is 17.5 Å². The summed E-state index contributed by atoms with van der Waals surface area (Å²) in [7, 11) is 0. The number of nitro benzene ring substituents is 1. The number of imide groups is 2. The van der Waals surface area contributed by atoms with Crippen molar-refractivity contribution in [1.82, 2.24) is 5.32 Å². The molecule has 4 amide bonds. The quantitative estimate of drug-likeness (QED) is 0.0927. The first-order chi connectivity index (χ1) is 19.3. The lowest BCUT2D eigenvalue weighted by molar-refractivity contribution is -0.384. The van der Waals surface area contributed by atoms with E-state index < -0.39 is 51.7 Å². The van der Waals surface area contributed by atoms with Crippen LogP contribution in [0, 0.1) is 10.1 Å². The van der Waals surface area contributed by atoms with E-state index in [2.05, 4.69) is 15.9 Å². The molecule has 3 aromatic rings. The minimum Gasteiger partial charge on any atom is -0.423 e. The van der Waals surface area contributed by atoms with Gasteiger partial charge in [0.1, 0.15) is 11.3 Å². The zero-order chi connectivity index (χ0) is 29.9. The molecule has 3 aromatic carbocycles. The van der Waals surface area contributed by atoms with Gasteiger partial charge in [-0.25, -0.2) is 14.5 Å². The van der Waals surface area contributed by atoms with Crippen molar-refractivity contribution in [3.05, 3.63) is 110 Å². The van der Waals surface area contributed by atoms with Crippen LogP contribution in [-0.4, -0.2) is 28.7 Å². The number of hydrogen-bond acceptors (Lipinski definition) is 7. The number of carbonyl (C=O) groups excluding carboxylic acids is 4. The normalized spacial score (nSPS) is 14.9. The summed E-state index contributed by atoms with van der Waals surface area (Å²) in [6.07, 6.45) is -1.33. The summed E-state index contributed by atoms with van der Waals surface area (Å²) in [6, 6.07) is 11.8. The molecule has 1 aliphatic heterocycles. The van der Waals surface area contributed by atoms with Crippen molar-refractivity contribution in [3.63, 3.8) is 0 Å². The van der Waals surface area contributed by atoms with Gasteiger partial charge in [-0.15, -0.1) is 0 Å². The lowest BCUT2D eigenvalue weighted by Gasteiger charge is -2.27. The third-order valence-electron chi connectivity index (χ3n) is 5.53. The zero-order valence-electron chi connectivity index (χ0n) is 20.3. The highest BCUT2D eigenvalue weighted by atomic mass is 79.9. The number of rotatable bonds is 6. The molecule has 4 rings (SSSR count). The summed E-state index contributed by atoms with van der Waals surface area (Å²) >= 11 is 3.23. The van der Waals surface area contributed by atoms with E-state index in [0.29, 0.717) is 21.0 Å². The topological polar surface area (TPSA) is 136 Å². The molecule has 41 heavy (non-hydrogen) atoms. The van der Waals surface area contributed by atoms with Gasteiger partial charge in [-0.05, 0) is 66.2 Å². The van der Waals surface area contributed by atoms with E-state index in [0.717, 1.165) is 30.4 Å². The van der Waals surface area contributed by atoms with Gasteiger partial charge >= 0.3 is 18.2 Å². The van der Waals surface area contributed by atoms with E-state index in [1.807, 2.05) is 5.32 Å². The number of urea groups is 1. The number of halogens is 4. The van der Waals surface area contributed by atoms with Gasteiger partial charge in [0.05, 0.1) is 16.2 Å². The van der Waals surface area contributed by atoms with Crippen molar-refractivity contribution in [2.45, 2.75) is 6.18 Å². The lowest BCUT2D eigenvalue weighted by Crippen LogP contribution is -2.54. The Labute approximate surface area is 237 Å². The number of nitrogens with one attached hydrogen (secondary N) is 1. The molecule has 0 spiro atoms. The Hall–Kier alpha value is -5.11. The average Bonchev–Trinajstić information content (AvgIpc) is 2.91. The first kappa shape index (κ1) is 28.9. The van der Waals surface area contributed by atoms with Gasteiger partial charge in [-0.1, -0.05) is 22.0 Å². The Kier molecular flexibility index (Phi) is 8.14. The standard InChI is InChI=1S/C27H15BrF3N3O7/c28-18-7-10-22(41-23(35)11-6-15-4-8-19(9-5-15)34(39)40)16(12-18)13-21-24(36)32-26(38)33(25(21)37)20-3-1-2-17(14-20)27(29,30)31/h1-14H,(H,32,36,38)/b11-6+,21-13-. The summed E-state index contributed by atoms with van der Waals surface area (Å²) in [5.41, 5.74) is -1.76. The molecule has 0 bridgehead atoms. The van der Waals surface area contributed by atoms with Crippen LogP contribution in [0.2, 0.25) is 0 Å². The van der Waals surface area contributed by atoms with E-state index in [9.17, 15) is 42.5 Å². The van der Waals surface area contributed by atoms with Gasteiger partial charge in [0.2, 0.25) is 0 Å². The minimum atomic E-state index is -4.75. The molecule has 10 nitrogen and oxygen atoms in total. The van der Waals surface area contributed by atoms with Crippen molar-refractivity contribution in [2.75, 3.05) is 4.90 Å². The summed E-state index contributed by atoms with van der Waals surface area (Å²) in [5.74, 6) is -3.28. The van der Waals surface area contributed by atoms with Crippen LogP contribution < -0.4 is 15.0 Å². The Bertz CT molecular complexity index is 1650. The number of benzene rings is 3. The van der Waals surface area contributed by atoms with Crippen LogP contribution in [0.15, 0.2) is 82.9 Å². The van der Waals surface area contributed by atoms with E-state index in [1.165, 1.54) is 48.5 Å². The van der Waals surface area contributed by atoms with E-state index in [1.54, 1.807) is 0 Å². The molecule has 1 heterocycles. The Morgan fingerprint density at radius 1 is 1.02 bits per heavy atom. The van der Waals surface area contributed by atoms with Gasteiger partial charge in [0, 0.05) is 28.2 Å². The van der Waals surface area contributed by atoms with Crippen LogP contribution >= 0.6 is 15.9 Å². The van der Waals surface area contributed by atoms with Crippen molar-refractivity contribution in [2.24, 2.45) is 0 Å². The van der Waals surface area contributed by atoms with Gasteiger partial charge < -0.3 is 4.74 Å². The summed E-state index contributed by atoms with van der Waals surface area (Å²) in [5, 5.41) is 12.7. The highest BCUT2D eigenvalue weighted by Crippen LogP contribution is 2.33. The highest BCUT2D eigenvalue weighted by Gasteiger charge is 2.38. The first-order valence-corrected chi connectivity index (χ1v) is 12.2. The number of hydrogen-bond donors (Lipinski definition) is 1. The lowest BCUT2D eigenvalue weighted by atomic mass is 10.1. The number of barbiturate groups is 1. The fourth-order valence-corrected chi connectivity index (χ4v) is 3.99. The molecule has 0 aliphatic carbocycles. The summed E-state index contributed by atoms with van der Waals surface area (Å²) in [4.78, 5) is 61.2. The third-order valence-corrected chi connectivity index (χ3v) is 6.02. The van der Waals surface area contributed by atoms with E-state index in [4.69, 9.17) is 4.74 Å². The number of nitro groups is 1. The number of nitrogens with zero attached hydrogens (tertiary/aromatic N) is 2. The molecule has 1 fully saturated rings. The van der Waals surface area contributed by atoms with Gasteiger partial charge in [-0.3, -0.25) is 25.0 Å². The van der Waals surface area contributed by atoms with Crippen LogP contribution in [0.3, 0.4) is 0 Å². The largest absolute Gasteiger partial charge is 0.423 e. The minimum absolute atomic E-state index is 0.0494. The second kappa shape index (κ2) is 11.6. The summed E-state index contributed by atoms with van der Waals surface area (Å²) < 4.78 is 45.4. The fraction of sp³-hybridized carbons (Fsp3) is 0.0370. The molecule has 0 saturated carbocycles. The average molecular weight is 630 g/mol. The maximum atomic E-state index is 13.2. The number of alkyl halides is 3. The molecule has 208 valence electrons. The smallest absolute Gasteiger partial charge is 0.416 e. The maximum Gasteiger partial charge on any atom is 0.416 e. The summed E-state index contributed by atoms with van der Waals surface area (Å²) in [6.45, 7) is 0. The van der Waals surface area contributed by atoms with Crippen LogP contribution in [0.1, 0.15) is 16.7 Å². The Balaban J connectivity index is 1.62. The number of carbonyl (C=O) groups is 4. The molecule has 1 saturated heterocycles. The van der Waals surface area contributed by atoms with Crippen LogP contribution in [0.5, 0.6) is 5.75 Å². The molecule has 14 heteroatoms. The van der Waals surface area contributed by atoms with Crippen molar-refractivity contribution >= 4 is 63.3 Å². The molecule has 1 N–H and O–H groups in total. The molecule has 0 radical (unpaired) electrons. The maximum absolute atomic E-state index is 13.2.